The van der Waals surface area contributed by atoms with Crippen LogP contribution in [0.4, 0.5) is 17.5 Å². The third kappa shape index (κ3) is 5.69. The lowest BCUT2D eigenvalue weighted by Gasteiger charge is -2.32. The molecule has 0 spiro atoms. The summed E-state index contributed by atoms with van der Waals surface area (Å²) in [5.74, 6) is 0.833. The van der Waals surface area contributed by atoms with Gasteiger partial charge in [0.1, 0.15) is 12.4 Å². The van der Waals surface area contributed by atoms with Crippen molar-refractivity contribution < 1.29 is 19.1 Å². The Morgan fingerprint density at radius 1 is 1.11 bits per heavy atom. The lowest BCUT2D eigenvalue weighted by atomic mass is 10.0. The number of anilines is 3. The molecule has 0 bridgehead atoms. The Kier molecular flexibility index (Phi) is 7.91. The van der Waals surface area contributed by atoms with Crippen LogP contribution >= 0.6 is 0 Å². The molecule has 2 N–H and O–H groups in total. The highest BCUT2D eigenvalue weighted by atomic mass is 16.5. The molecule has 36 heavy (non-hydrogen) atoms. The normalized spacial score (nSPS) is 13.9. The summed E-state index contributed by atoms with van der Waals surface area (Å²) in [6.07, 6.45) is 5.71. The minimum atomic E-state index is -0.399. The number of carbonyl (C=O) groups is 2. The van der Waals surface area contributed by atoms with Gasteiger partial charge >= 0.3 is 0 Å². The van der Waals surface area contributed by atoms with Crippen LogP contribution in [-0.2, 0) is 14.3 Å². The number of likely N-dealkylation sites (tertiary alicyclic amines) is 1. The van der Waals surface area contributed by atoms with Crippen molar-refractivity contribution in [1.29, 1.82) is 0 Å². The van der Waals surface area contributed by atoms with Crippen molar-refractivity contribution in [3.05, 3.63) is 55.9 Å². The Labute approximate surface area is 208 Å². The highest BCUT2D eigenvalue weighted by Gasteiger charge is 2.25. The Morgan fingerprint density at radius 3 is 2.53 bits per heavy atom. The number of nitrogens with zero attached hydrogens (tertiary/aromatic N) is 5. The first-order valence-corrected chi connectivity index (χ1v) is 11.6. The van der Waals surface area contributed by atoms with Crippen LogP contribution in [0, 0.1) is 0 Å². The lowest BCUT2D eigenvalue weighted by Crippen LogP contribution is -2.38. The molecule has 3 heterocycles. The summed E-state index contributed by atoms with van der Waals surface area (Å²) in [5.41, 5.74) is 1.80. The van der Waals surface area contributed by atoms with Crippen LogP contribution < -0.4 is 15.4 Å². The fraction of sp³-hybridized carbons (Fsp3) is 0.320. The molecule has 0 atom stereocenters. The van der Waals surface area contributed by atoms with Crippen molar-refractivity contribution in [2.75, 3.05) is 44.0 Å². The molecule has 4 rings (SSSR count). The van der Waals surface area contributed by atoms with Crippen LogP contribution in [0.2, 0.25) is 0 Å². The summed E-state index contributed by atoms with van der Waals surface area (Å²) in [6.45, 7) is 9.27. The first kappa shape index (κ1) is 24.9. The summed E-state index contributed by atoms with van der Waals surface area (Å²) >= 11 is 0. The van der Waals surface area contributed by atoms with Crippen molar-refractivity contribution in [3.8, 4) is 5.75 Å². The van der Waals surface area contributed by atoms with Gasteiger partial charge in [0.15, 0.2) is 17.0 Å². The van der Waals surface area contributed by atoms with E-state index in [0.29, 0.717) is 49.2 Å². The minimum absolute atomic E-state index is 0.0673. The maximum Gasteiger partial charge on any atom is 0.248 e. The third-order valence-corrected chi connectivity index (χ3v) is 5.86. The van der Waals surface area contributed by atoms with Crippen LogP contribution in [-0.4, -0.2) is 69.6 Å². The van der Waals surface area contributed by atoms with E-state index in [1.165, 1.54) is 12.2 Å². The van der Waals surface area contributed by atoms with E-state index >= 15 is 0 Å². The number of piperidine rings is 1. The first-order valence-electron chi connectivity index (χ1n) is 11.6. The highest BCUT2D eigenvalue weighted by molar-refractivity contribution is 6.02. The molecule has 2 aromatic heterocycles. The molecule has 0 radical (unpaired) electrons. The fourth-order valence-electron chi connectivity index (χ4n) is 3.99. The van der Waals surface area contributed by atoms with Gasteiger partial charge in [-0.3, -0.25) is 9.59 Å². The number of benzene rings is 1. The van der Waals surface area contributed by atoms with E-state index in [2.05, 4.69) is 33.8 Å². The van der Waals surface area contributed by atoms with E-state index < -0.39 is 5.91 Å². The van der Waals surface area contributed by atoms with E-state index in [4.69, 9.17) is 14.5 Å². The number of fused-ring (bicyclic) bond motifs is 1. The van der Waals surface area contributed by atoms with E-state index in [9.17, 15) is 9.59 Å². The number of methoxy groups -OCH3 is 1. The SMILES string of the molecule is C=CC(=O)Nc1nc(Nc2ccc(OCCOC)cc2)nc2c1ncn2C1CCN(C(=O)C=C)CC1. The van der Waals surface area contributed by atoms with Gasteiger partial charge in [-0.25, -0.2) is 4.98 Å². The number of imidazole rings is 1. The second-order valence-electron chi connectivity index (χ2n) is 8.16. The van der Waals surface area contributed by atoms with Crippen molar-refractivity contribution in [3.63, 3.8) is 0 Å². The summed E-state index contributed by atoms with van der Waals surface area (Å²) in [5, 5.41) is 5.91. The number of hydrogen-bond acceptors (Lipinski definition) is 8. The second kappa shape index (κ2) is 11.5. The van der Waals surface area contributed by atoms with Crippen molar-refractivity contribution in [2.24, 2.45) is 0 Å². The number of rotatable bonds is 10. The molecule has 11 heteroatoms. The molecule has 1 saturated heterocycles. The fourth-order valence-corrected chi connectivity index (χ4v) is 3.99. The molecule has 188 valence electrons. The van der Waals surface area contributed by atoms with Gasteiger partial charge in [0.05, 0.1) is 12.9 Å². The van der Waals surface area contributed by atoms with Gasteiger partial charge < -0.3 is 29.6 Å². The third-order valence-electron chi connectivity index (χ3n) is 5.86. The maximum atomic E-state index is 12.1. The van der Waals surface area contributed by atoms with Gasteiger partial charge in [0, 0.05) is 31.9 Å². The molecule has 1 fully saturated rings. The van der Waals surface area contributed by atoms with E-state index in [1.807, 2.05) is 28.8 Å². The zero-order chi connectivity index (χ0) is 25.5. The Balaban J connectivity index is 1.60. The molecule has 2 amide bonds. The van der Waals surface area contributed by atoms with Crippen LogP contribution in [0.25, 0.3) is 11.2 Å². The molecule has 0 unspecified atom stereocenters. The highest BCUT2D eigenvalue weighted by Crippen LogP contribution is 2.30. The number of amides is 2. The van der Waals surface area contributed by atoms with Gasteiger partial charge in [0.2, 0.25) is 17.8 Å². The van der Waals surface area contributed by atoms with Crippen LogP contribution in [0.15, 0.2) is 55.9 Å². The van der Waals surface area contributed by atoms with Crippen LogP contribution in [0.5, 0.6) is 5.75 Å². The molecule has 3 aromatic rings. The van der Waals surface area contributed by atoms with Crippen molar-refractivity contribution in [2.45, 2.75) is 18.9 Å². The van der Waals surface area contributed by atoms with Crippen molar-refractivity contribution in [1.82, 2.24) is 24.4 Å². The summed E-state index contributed by atoms with van der Waals surface area (Å²) in [7, 11) is 1.62. The predicted octanol–water partition coefficient (Wildman–Crippen LogP) is 3.07. The van der Waals surface area contributed by atoms with Gasteiger partial charge in [-0.05, 0) is 49.3 Å². The lowest BCUT2D eigenvalue weighted by molar-refractivity contribution is -0.127. The topological polar surface area (TPSA) is 124 Å². The molecule has 0 saturated carbocycles. The average Bonchev–Trinajstić information content (AvgIpc) is 3.33. The molecule has 11 nitrogen and oxygen atoms in total. The monoisotopic (exact) mass is 491 g/mol. The predicted molar refractivity (Wildman–Crippen MR) is 136 cm³/mol. The Bertz CT molecular complexity index is 1250. The standard InChI is InChI=1S/C25H29N7O4/c1-4-20(33)28-23-22-24(32(16-26-22)18-10-12-31(13-11-18)21(34)5-2)30-25(29-23)27-17-6-8-19(9-7-17)36-15-14-35-3/h4-9,16,18H,1-2,10-15H2,3H3,(H2,27,28,29,30,33). The second-order valence-corrected chi connectivity index (χ2v) is 8.16. The molecule has 1 aliphatic rings. The zero-order valence-corrected chi connectivity index (χ0v) is 20.1. The average molecular weight is 492 g/mol. The summed E-state index contributed by atoms with van der Waals surface area (Å²) < 4.78 is 12.6. The van der Waals surface area contributed by atoms with Gasteiger partial charge in [0.25, 0.3) is 0 Å². The Morgan fingerprint density at radius 2 is 1.86 bits per heavy atom. The zero-order valence-electron chi connectivity index (χ0n) is 20.1. The largest absolute Gasteiger partial charge is 0.491 e. The molecular weight excluding hydrogens is 462 g/mol. The molecule has 1 aromatic carbocycles. The van der Waals surface area contributed by atoms with Gasteiger partial charge in [-0.15, -0.1) is 0 Å². The molecule has 1 aliphatic heterocycles. The van der Waals surface area contributed by atoms with E-state index in [0.717, 1.165) is 18.5 Å². The van der Waals surface area contributed by atoms with Crippen LogP contribution in [0.3, 0.4) is 0 Å². The number of carbonyl (C=O) groups excluding carboxylic acids is 2. The molecular formula is C25H29N7O4. The van der Waals surface area contributed by atoms with Crippen molar-refractivity contribution >= 4 is 40.4 Å². The quantitative estimate of drug-likeness (QED) is 0.328. The smallest absolute Gasteiger partial charge is 0.248 e. The van der Waals surface area contributed by atoms with E-state index in [-0.39, 0.29) is 17.8 Å². The van der Waals surface area contributed by atoms with Gasteiger partial charge in [-0.2, -0.15) is 9.97 Å². The summed E-state index contributed by atoms with van der Waals surface area (Å²) in [6, 6.07) is 7.46. The van der Waals surface area contributed by atoms with E-state index in [1.54, 1.807) is 18.3 Å². The van der Waals surface area contributed by atoms with Crippen LogP contribution in [0.1, 0.15) is 18.9 Å². The minimum Gasteiger partial charge on any atom is -0.491 e. The maximum absolute atomic E-state index is 12.1. The number of nitrogens with one attached hydrogen (secondary N) is 2. The Hall–Kier alpha value is -4.25. The number of ether oxygens (including phenoxy) is 2. The number of hydrogen-bond donors (Lipinski definition) is 2. The van der Waals surface area contributed by atoms with Gasteiger partial charge in [-0.1, -0.05) is 13.2 Å². The first-order chi connectivity index (χ1) is 17.5. The summed E-state index contributed by atoms with van der Waals surface area (Å²) in [4.78, 5) is 39.5. The number of aromatic nitrogens is 4. The molecule has 0 aliphatic carbocycles.